The number of ether oxygens (including phenoxy) is 2. The summed E-state index contributed by atoms with van der Waals surface area (Å²) in [4.78, 5) is 15.9. The molecule has 10 nitrogen and oxygen atoms in total. The Morgan fingerprint density at radius 2 is 2.10 bits per heavy atom. The zero-order valence-electron chi connectivity index (χ0n) is 15.8. The second kappa shape index (κ2) is 8.78. The fraction of sp³-hybridized carbons (Fsp3) is 0.167. The smallest absolute Gasteiger partial charge is 0.350 e. The number of aryl methyl sites for hydroxylation is 1. The maximum atomic E-state index is 11.8. The number of pyridine rings is 1. The van der Waals surface area contributed by atoms with Crippen molar-refractivity contribution in [3.63, 3.8) is 0 Å². The predicted octanol–water partition coefficient (Wildman–Crippen LogP) is 2.08. The van der Waals surface area contributed by atoms with Gasteiger partial charge in [-0.1, -0.05) is 23.7 Å². The zero-order valence-corrected chi connectivity index (χ0v) is 16.6. The van der Waals surface area contributed by atoms with Crippen molar-refractivity contribution < 1.29 is 14.3 Å². The van der Waals surface area contributed by atoms with Crippen molar-refractivity contribution in [3.8, 4) is 17.4 Å². The van der Waals surface area contributed by atoms with Gasteiger partial charge in [-0.3, -0.25) is 5.43 Å². The molecule has 0 aliphatic carbocycles. The minimum Gasteiger partial charge on any atom is -0.479 e. The molecule has 0 aliphatic heterocycles. The van der Waals surface area contributed by atoms with Crippen LogP contribution >= 0.6 is 11.6 Å². The van der Waals surface area contributed by atoms with Crippen LogP contribution in [0.3, 0.4) is 0 Å². The Hall–Kier alpha value is -3.34. The van der Waals surface area contributed by atoms with Crippen molar-refractivity contribution in [2.45, 2.75) is 13.5 Å². The maximum absolute atomic E-state index is 11.8. The molecule has 2 aromatic heterocycles. The number of hydrazine groups is 2. The van der Waals surface area contributed by atoms with Gasteiger partial charge in [0.2, 0.25) is 11.8 Å². The largest absolute Gasteiger partial charge is 0.479 e. The normalized spacial score (nSPS) is 10.5. The predicted molar refractivity (Wildman–Crippen MR) is 108 cm³/mol. The lowest BCUT2D eigenvalue weighted by Crippen LogP contribution is -2.48. The molecular formula is C18H20ClN7O3. The summed E-state index contributed by atoms with van der Waals surface area (Å²) in [5.41, 5.74) is 4.69. The number of urea groups is 1. The lowest BCUT2D eigenvalue weighted by Gasteiger charge is -2.20. The second-order valence-corrected chi connectivity index (χ2v) is 6.33. The molecular weight excluding hydrogens is 398 g/mol. The van der Waals surface area contributed by atoms with Crippen LogP contribution in [0.5, 0.6) is 11.8 Å². The molecule has 3 rings (SSSR count). The first-order chi connectivity index (χ1) is 13.9. The number of amides is 2. The molecule has 2 amide bonds. The number of carbonyl (C=O) groups is 1. The number of nitrogens with zero attached hydrogens (tertiary/aromatic N) is 4. The molecule has 0 bridgehead atoms. The number of anilines is 1. The molecule has 11 heteroatoms. The van der Waals surface area contributed by atoms with Crippen LogP contribution in [0.25, 0.3) is 5.69 Å². The fourth-order valence-corrected chi connectivity index (χ4v) is 2.82. The van der Waals surface area contributed by atoms with Crippen molar-refractivity contribution >= 4 is 23.3 Å². The SMILES string of the molecule is COc1nc(Cl)ccc1-n1ccc(OCc2c(C)cccc2N(N)C(=O)NN)n1. The number of methoxy groups -OCH3 is 1. The molecule has 0 spiro atoms. The monoisotopic (exact) mass is 417 g/mol. The molecule has 0 aliphatic rings. The average Bonchev–Trinajstić information content (AvgIpc) is 3.20. The van der Waals surface area contributed by atoms with Crippen LogP contribution in [0.15, 0.2) is 42.6 Å². The number of hydrogen-bond acceptors (Lipinski definition) is 7. The Morgan fingerprint density at radius 3 is 2.83 bits per heavy atom. The third-order valence-corrected chi connectivity index (χ3v) is 4.37. The van der Waals surface area contributed by atoms with E-state index in [2.05, 4.69) is 10.1 Å². The summed E-state index contributed by atoms with van der Waals surface area (Å²) in [7, 11) is 1.50. The van der Waals surface area contributed by atoms with Crippen LogP contribution < -0.4 is 31.6 Å². The van der Waals surface area contributed by atoms with Crippen LogP contribution in [0.1, 0.15) is 11.1 Å². The number of halogens is 1. The Morgan fingerprint density at radius 1 is 1.31 bits per heavy atom. The number of nitrogens with two attached hydrogens (primary N) is 2. The molecule has 0 atom stereocenters. The molecule has 0 fully saturated rings. The van der Waals surface area contributed by atoms with E-state index in [0.717, 1.165) is 16.1 Å². The highest BCUT2D eigenvalue weighted by molar-refractivity contribution is 6.29. The van der Waals surface area contributed by atoms with Crippen molar-refractivity contribution in [2.75, 3.05) is 12.1 Å². The fourth-order valence-electron chi connectivity index (χ4n) is 2.68. The van der Waals surface area contributed by atoms with Gasteiger partial charge in [-0.05, 0) is 30.7 Å². The molecule has 3 aromatic rings. The zero-order chi connectivity index (χ0) is 21.0. The van der Waals surface area contributed by atoms with Gasteiger partial charge >= 0.3 is 6.03 Å². The number of carbonyl (C=O) groups excluding carboxylic acids is 1. The minimum absolute atomic E-state index is 0.139. The van der Waals surface area contributed by atoms with E-state index in [-0.39, 0.29) is 6.61 Å². The molecule has 0 saturated carbocycles. The van der Waals surface area contributed by atoms with Gasteiger partial charge in [0, 0.05) is 17.8 Å². The standard InChI is InChI=1S/C18H20ClN7O3/c1-11-4-3-5-13(26(21)18(27)23-20)12(11)10-29-16-8-9-25(24-16)14-6-7-15(19)22-17(14)28-2/h3-9H,10,20-21H2,1-2H3,(H,23,27). The Labute approximate surface area is 171 Å². The third-order valence-electron chi connectivity index (χ3n) is 4.16. The van der Waals surface area contributed by atoms with E-state index in [1.807, 2.05) is 18.4 Å². The first-order valence-electron chi connectivity index (χ1n) is 8.48. The highest BCUT2D eigenvalue weighted by Gasteiger charge is 2.17. The van der Waals surface area contributed by atoms with Crippen molar-refractivity contribution in [1.82, 2.24) is 20.2 Å². The van der Waals surface area contributed by atoms with Crippen LogP contribution in [0.2, 0.25) is 5.15 Å². The van der Waals surface area contributed by atoms with Gasteiger partial charge in [-0.2, -0.15) is 4.98 Å². The summed E-state index contributed by atoms with van der Waals surface area (Å²) in [6, 6.07) is 9.79. The summed E-state index contributed by atoms with van der Waals surface area (Å²) in [6.07, 6.45) is 1.71. The van der Waals surface area contributed by atoms with Crippen LogP contribution in [-0.4, -0.2) is 27.9 Å². The summed E-state index contributed by atoms with van der Waals surface area (Å²) in [5, 5.41) is 5.62. The first kappa shape index (κ1) is 20.4. The maximum Gasteiger partial charge on any atom is 0.350 e. The van der Waals surface area contributed by atoms with E-state index in [1.165, 1.54) is 7.11 Å². The van der Waals surface area contributed by atoms with Crippen LogP contribution in [0, 0.1) is 6.92 Å². The molecule has 2 heterocycles. The van der Waals surface area contributed by atoms with Crippen molar-refractivity contribution in [1.29, 1.82) is 0 Å². The number of aromatic nitrogens is 3. The van der Waals surface area contributed by atoms with Crippen LogP contribution in [-0.2, 0) is 6.61 Å². The van der Waals surface area contributed by atoms with Gasteiger partial charge in [0.25, 0.3) is 0 Å². The van der Waals surface area contributed by atoms with Gasteiger partial charge < -0.3 is 9.47 Å². The van der Waals surface area contributed by atoms with Crippen molar-refractivity contribution in [2.24, 2.45) is 11.7 Å². The van der Waals surface area contributed by atoms with Crippen LogP contribution in [0.4, 0.5) is 10.5 Å². The van der Waals surface area contributed by atoms with Gasteiger partial charge in [0.1, 0.15) is 17.4 Å². The molecule has 0 radical (unpaired) electrons. The van der Waals surface area contributed by atoms with E-state index < -0.39 is 6.03 Å². The summed E-state index contributed by atoms with van der Waals surface area (Å²) < 4.78 is 12.6. The molecule has 0 saturated heterocycles. The van der Waals surface area contributed by atoms with E-state index in [1.54, 1.807) is 41.2 Å². The molecule has 1 aromatic carbocycles. The molecule has 5 N–H and O–H groups in total. The van der Waals surface area contributed by atoms with E-state index in [4.69, 9.17) is 32.8 Å². The highest BCUT2D eigenvalue weighted by atomic mass is 35.5. The van der Waals surface area contributed by atoms with Crippen molar-refractivity contribution in [3.05, 3.63) is 58.9 Å². The average molecular weight is 418 g/mol. The Balaban J connectivity index is 1.81. The lowest BCUT2D eigenvalue weighted by atomic mass is 10.1. The summed E-state index contributed by atoms with van der Waals surface area (Å²) in [5.74, 6) is 11.7. The Bertz CT molecular complexity index is 1020. The number of hydrogen-bond donors (Lipinski definition) is 3. The summed E-state index contributed by atoms with van der Waals surface area (Å²) >= 11 is 5.90. The summed E-state index contributed by atoms with van der Waals surface area (Å²) in [6.45, 7) is 2.03. The molecule has 152 valence electrons. The molecule has 0 unspecified atom stereocenters. The first-order valence-corrected chi connectivity index (χ1v) is 8.85. The van der Waals surface area contributed by atoms with E-state index in [0.29, 0.717) is 28.3 Å². The van der Waals surface area contributed by atoms with Gasteiger partial charge in [0.15, 0.2) is 0 Å². The quantitative estimate of drug-likeness (QED) is 0.242. The molecule has 29 heavy (non-hydrogen) atoms. The Kier molecular flexibility index (Phi) is 6.17. The topological polar surface area (TPSA) is 134 Å². The van der Waals surface area contributed by atoms with E-state index >= 15 is 0 Å². The number of nitrogens with one attached hydrogen (secondary N) is 1. The van der Waals surface area contributed by atoms with Gasteiger partial charge in [-0.15, -0.1) is 5.10 Å². The van der Waals surface area contributed by atoms with Gasteiger partial charge in [0.05, 0.1) is 12.8 Å². The number of benzene rings is 1. The minimum atomic E-state index is -0.650. The third kappa shape index (κ3) is 4.40. The number of rotatable bonds is 6. The second-order valence-electron chi connectivity index (χ2n) is 5.94. The highest BCUT2D eigenvalue weighted by Crippen LogP contribution is 2.26. The van der Waals surface area contributed by atoms with E-state index in [9.17, 15) is 4.79 Å². The lowest BCUT2D eigenvalue weighted by molar-refractivity contribution is 0.246. The van der Waals surface area contributed by atoms with Gasteiger partial charge in [-0.25, -0.2) is 26.2 Å².